The molecule has 2 aromatic heterocycles. The molecule has 0 radical (unpaired) electrons. The lowest BCUT2D eigenvalue weighted by molar-refractivity contribution is -0.152. The van der Waals surface area contributed by atoms with Gasteiger partial charge in [0, 0.05) is 0 Å². The van der Waals surface area contributed by atoms with Crippen molar-refractivity contribution < 1.29 is 33.0 Å². The number of halogens is 1. The lowest BCUT2D eigenvalue weighted by Gasteiger charge is -2.25. The number of nitrogens with zero attached hydrogens (tertiary/aromatic N) is 3. The number of rotatable bonds is 9. The minimum atomic E-state index is -4.31. The minimum absolute atomic E-state index is 0.0116. The summed E-state index contributed by atoms with van der Waals surface area (Å²) >= 11 is 6.71. The quantitative estimate of drug-likeness (QED) is 0.118. The number of ether oxygens (including phenoxy) is 2. The van der Waals surface area contributed by atoms with Crippen LogP contribution in [-0.2, 0) is 23.4 Å². The van der Waals surface area contributed by atoms with Crippen LogP contribution in [0, 0.1) is 0 Å². The third kappa shape index (κ3) is 6.26. The fraction of sp³-hybridized carbons (Fsp3) is 0.462. The number of hydrogen-bond acceptors (Lipinski definition) is 11. The fourth-order valence-electron chi connectivity index (χ4n) is 4.82. The number of nitrogen functional groups attached to an aromatic ring is 1. The number of esters is 1. The van der Waals surface area contributed by atoms with E-state index in [2.05, 4.69) is 20.0 Å². The Bertz CT molecular complexity index is 1570. The van der Waals surface area contributed by atoms with Crippen LogP contribution in [0.25, 0.3) is 11.2 Å². The first-order valence-electron chi connectivity index (χ1n) is 13.4. The third-order valence-corrected chi connectivity index (χ3v) is 8.99. The molecule has 0 spiro atoms. The Kier molecular flexibility index (Phi) is 8.51. The van der Waals surface area contributed by atoms with Crippen LogP contribution in [-0.4, -0.2) is 53.7 Å². The lowest BCUT2D eigenvalue weighted by atomic mass is 9.98. The Morgan fingerprint density at radius 1 is 1.33 bits per heavy atom. The molecule has 1 saturated heterocycles. The first-order valence-corrected chi connectivity index (χ1v) is 15.4. The van der Waals surface area contributed by atoms with Crippen LogP contribution in [0.5, 0.6) is 5.75 Å². The molecule has 16 heteroatoms. The first kappa shape index (κ1) is 29.9. The Morgan fingerprint density at radius 3 is 2.76 bits per heavy atom. The summed E-state index contributed by atoms with van der Waals surface area (Å²) in [4.78, 5) is 34.0. The van der Waals surface area contributed by atoms with Gasteiger partial charge in [0.15, 0.2) is 23.2 Å². The zero-order valence-electron chi connectivity index (χ0n) is 22.9. The molecule has 1 aromatic carbocycles. The number of carbonyl (C=O) groups excluding carboxylic acids is 1. The molecular weight excluding hydrogens is 591 g/mol. The zero-order chi connectivity index (χ0) is 30.1. The summed E-state index contributed by atoms with van der Waals surface area (Å²) in [6.45, 7) is 2.98. The van der Waals surface area contributed by atoms with Gasteiger partial charge in [0.25, 0.3) is 5.56 Å². The van der Waals surface area contributed by atoms with Crippen LogP contribution in [0.1, 0.15) is 52.2 Å². The number of hydrogen-bond donors (Lipinski definition) is 4. The van der Waals surface area contributed by atoms with Crippen molar-refractivity contribution >= 4 is 42.4 Å². The number of para-hydroxylation sites is 1. The summed E-state index contributed by atoms with van der Waals surface area (Å²) in [6.07, 6.45) is 3.98. The highest BCUT2D eigenvalue weighted by Crippen LogP contribution is 2.49. The minimum Gasteiger partial charge on any atom is -0.466 e. The fourth-order valence-corrected chi connectivity index (χ4v) is 6.45. The maximum absolute atomic E-state index is 13.9. The molecular formula is C26H32ClN6O8P. The lowest BCUT2D eigenvalue weighted by Crippen LogP contribution is -2.37. The normalized spacial score (nSPS) is 26.0. The van der Waals surface area contributed by atoms with Crippen LogP contribution >= 0.6 is 19.3 Å². The van der Waals surface area contributed by atoms with E-state index >= 15 is 0 Å². The van der Waals surface area contributed by atoms with Gasteiger partial charge in [0.1, 0.15) is 41.5 Å². The second-order valence-electron chi connectivity index (χ2n) is 10.4. The maximum Gasteiger partial charge on any atom is 0.513 e. The number of aliphatic hydroxyl groups is 1. The van der Waals surface area contributed by atoms with E-state index in [1.165, 1.54) is 24.7 Å². The molecule has 0 bridgehead atoms. The summed E-state index contributed by atoms with van der Waals surface area (Å²) in [5.41, 5.74) is 5.20. The highest BCUT2D eigenvalue weighted by molar-refractivity contribution is 7.52. The van der Waals surface area contributed by atoms with E-state index in [1.807, 2.05) is 0 Å². The third-order valence-electron chi connectivity index (χ3n) is 7.05. The average Bonchev–Trinajstić information content (AvgIpc) is 3.46. The second kappa shape index (κ2) is 12.0. The molecule has 42 heavy (non-hydrogen) atoms. The van der Waals surface area contributed by atoms with Crippen molar-refractivity contribution in [3.8, 4) is 5.75 Å². The summed E-state index contributed by atoms with van der Waals surface area (Å²) in [5, 5.41) is 13.6. The molecule has 1 aliphatic carbocycles. The van der Waals surface area contributed by atoms with Crippen LogP contribution in [0.3, 0.4) is 0 Å². The molecule has 5 rings (SSSR count). The molecule has 2 fully saturated rings. The summed E-state index contributed by atoms with van der Waals surface area (Å²) in [5.74, 6) is -0.752. The standard InChI is InChI=1S/C26H32ClN6O8P/c1-15(23(36)39-16-9-5-3-6-10-16)32-42(37,41-17-11-7-4-8-12-17)38-13-18-20(34)26(2,27)24(40-18)33-14-29-19-21(33)30-25(28)31-22(19)35/h4,7-8,11-16,20,24,34H,3,5-6,9-10H2,1-2H3,(H,32,37)(H3,28,30,31,35). The van der Waals surface area contributed by atoms with Crippen LogP contribution in [0.4, 0.5) is 5.95 Å². The van der Waals surface area contributed by atoms with Gasteiger partial charge < -0.3 is 29.4 Å². The SMILES string of the molecule is CC(NP(=O)(OC=C1OC(n2cnc3c(=O)[nH]c(N)nc32)C(C)(Cl)C1O)Oc1ccccc1)C(=O)OC1CCCCC1. The molecule has 14 nitrogen and oxygen atoms in total. The van der Waals surface area contributed by atoms with Crippen molar-refractivity contribution in [1.29, 1.82) is 0 Å². The van der Waals surface area contributed by atoms with E-state index in [4.69, 9.17) is 35.9 Å². The van der Waals surface area contributed by atoms with E-state index in [9.17, 15) is 19.3 Å². The Morgan fingerprint density at radius 2 is 2.05 bits per heavy atom. The van der Waals surface area contributed by atoms with E-state index in [-0.39, 0.29) is 34.7 Å². The monoisotopic (exact) mass is 622 g/mol. The van der Waals surface area contributed by atoms with Crippen molar-refractivity contribution in [2.24, 2.45) is 0 Å². The summed E-state index contributed by atoms with van der Waals surface area (Å²) < 4.78 is 38.0. The van der Waals surface area contributed by atoms with Gasteiger partial charge in [-0.1, -0.05) is 24.6 Å². The predicted octanol–water partition coefficient (Wildman–Crippen LogP) is 3.49. The number of imidazole rings is 1. The van der Waals surface area contributed by atoms with Gasteiger partial charge in [-0.3, -0.25) is 19.1 Å². The Balaban J connectivity index is 1.38. The molecule has 5 N–H and O–H groups in total. The average molecular weight is 623 g/mol. The van der Waals surface area contributed by atoms with Crippen molar-refractivity contribution in [1.82, 2.24) is 24.6 Å². The van der Waals surface area contributed by atoms with Crippen molar-refractivity contribution in [3.63, 3.8) is 0 Å². The second-order valence-corrected chi connectivity index (χ2v) is 12.8. The van der Waals surface area contributed by atoms with Gasteiger partial charge in [0.05, 0.1) is 0 Å². The number of H-pyrrole nitrogens is 1. The number of aliphatic hydroxyl groups excluding tert-OH is 1. The zero-order valence-corrected chi connectivity index (χ0v) is 24.6. The molecule has 1 saturated carbocycles. The number of aromatic amines is 1. The van der Waals surface area contributed by atoms with E-state index in [1.54, 1.807) is 30.3 Å². The topological polar surface area (TPSA) is 193 Å². The largest absolute Gasteiger partial charge is 0.513 e. The van der Waals surface area contributed by atoms with Crippen molar-refractivity contribution in [2.45, 2.75) is 75.3 Å². The molecule has 1 aliphatic heterocycles. The van der Waals surface area contributed by atoms with Gasteiger partial charge >= 0.3 is 13.7 Å². The summed E-state index contributed by atoms with van der Waals surface area (Å²) in [6, 6.07) is 7.16. The molecule has 0 amide bonds. The van der Waals surface area contributed by atoms with E-state index < -0.39 is 42.5 Å². The van der Waals surface area contributed by atoms with Gasteiger partial charge in [-0.25, -0.2) is 9.55 Å². The number of carbonyl (C=O) groups is 1. The molecule has 5 unspecified atom stereocenters. The maximum atomic E-state index is 13.9. The molecule has 3 aromatic rings. The summed E-state index contributed by atoms with van der Waals surface area (Å²) in [7, 11) is -4.31. The molecule has 226 valence electrons. The number of anilines is 1. The first-order chi connectivity index (χ1) is 20.0. The number of benzene rings is 1. The number of aromatic nitrogens is 4. The highest BCUT2D eigenvalue weighted by atomic mass is 35.5. The predicted molar refractivity (Wildman–Crippen MR) is 152 cm³/mol. The Labute approximate surface area is 245 Å². The van der Waals surface area contributed by atoms with Crippen LogP contribution in [0.2, 0.25) is 0 Å². The van der Waals surface area contributed by atoms with E-state index in [0.29, 0.717) is 0 Å². The van der Waals surface area contributed by atoms with Gasteiger partial charge in [0.2, 0.25) is 5.95 Å². The highest BCUT2D eigenvalue weighted by Gasteiger charge is 2.52. The number of fused-ring (bicyclic) bond motifs is 1. The Hall–Kier alpha value is -3.58. The van der Waals surface area contributed by atoms with E-state index in [0.717, 1.165) is 38.4 Å². The molecule has 3 heterocycles. The van der Waals surface area contributed by atoms with Crippen molar-refractivity contribution in [3.05, 3.63) is 59.0 Å². The number of nitrogens with one attached hydrogen (secondary N) is 2. The van der Waals surface area contributed by atoms with Crippen molar-refractivity contribution in [2.75, 3.05) is 5.73 Å². The molecule has 2 aliphatic rings. The van der Waals surface area contributed by atoms with Gasteiger partial charge in [-0.05, 0) is 51.7 Å². The number of nitrogens with two attached hydrogens (primary N) is 1. The van der Waals surface area contributed by atoms with Crippen LogP contribution in [0.15, 0.2) is 53.5 Å². The smallest absolute Gasteiger partial charge is 0.466 e. The van der Waals surface area contributed by atoms with Crippen LogP contribution < -0.4 is 20.9 Å². The molecule has 5 atom stereocenters. The number of alkyl halides is 1. The van der Waals surface area contributed by atoms with Gasteiger partial charge in [-0.15, -0.1) is 11.6 Å². The van der Waals surface area contributed by atoms with Gasteiger partial charge in [-0.2, -0.15) is 10.1 Å².